The Morgan fingerprint density at radius 3 is 2.59 bits per heavy atom. The molecule has 2 aromatic heterocycles. The van der Waals surface area contributed by atoms with Crippen LogP contribution >= 0.6 is 11.8 Å². The summed E-state index contributed by atoms with van der Waals surface area (Å²) in [6.45, 7) is 2.80. The van der Waals surface area contributed by atoms with Gasteiger partial charge in [-0.05, 0) is 24.3 Å². The van der Waals surface area contributed by atoms with E-state index in [0.717, 1.165) is 35.6 Å². The molecule has 1 fully saturated rings. The number of alkyl halides is 2. The number of rotatable bonds is 5. The van der Waals surface area contributed by atoms with Crippen LogP contribution in [0.3, 0.4) is 0 Å². The van der Waals surface area contributed by atoms with Gasteiger partial charge in [-0.3, -0.25) is 4.68 Å². The van der Waals surface area contributed by atoms with E-state index in [9.17, 15) is 8.78 Å². The Kier molecular flexibility index (Phi) is 5.08. The van der Waals surface area contributed by atoms with Gasteiger partial charge < -0.3 is 15.0 Å². The molecule has 7 nitrogen and oxygen atoms in total. The van der Waals surface area contributed by atoms with Crippen molar-refractivity contribution in [3.05, 3.63) is 30.5 Å². The topological polar surface area (TPSA) is 68.1 Å². The minimum Gasteiger partial charge on any atom is -0.378 e. The molecule has 1 aliphatic heterocycles. The third kappa shape index (κ3) is 3.96. The summed E-state index contributed by atoms with van der Waals surface area (Å²) in [5, 5.41) is 8.33. The van der Waals surface area contributed by atoms with E-state index in [-0.39, 0.29) is 0 Å². The van der Waals surface area contributed by atoms with E-state index in [0.29, 0.717) is 35.8 Å². The summed E-state index contributed by atoms with van der Waals surface area (Å²) in [4.78, 5) is 11.9. The second-order valence-corrected chi connectivity index (χ2v) is 7.07. The van der Waals surface area contributed by atoms with Gasteiger partial charge in [0.25, 0.3) is 5.76 Å². The van der Waals surface area contributed by atoms with Crippen LogP contribution in [-0.4, -0.2) is 51.8 Å². The first-order valence-electron chi connectivity index (χ1n) is 8.44. The third-order valence-electron chi connectivity index (χ3n) is 4.22. The average molecular weight is 392 g/mol. The van der Waals surface area contributed by atoms with Gasteiger partial charge >= 0.3 is 0 Å². The van der Waals surface area contributed by atoms with Gasteiger partial charge in [-0.1, -0.05) is 11.8 Å². The zero-order valence-electron chi connectivity index (χ0n) is 14.6. The van der Waals surface area contributed by atoms with Crippen molar-refractivity contribution in [1.82, 2.24) is 19.7 Å². The number of fused-ring (bicyclic) bond motifs is 1. The SMILES string of the molecule is Cn1ncc2c(N3CCOCC3)nc(Nc3ccc(SC(F)F)cc3)nc21. The van der Waals surface area contributed by atoms with Crippen molar-refractivity contribution in [3.8, 4) is 0 Å². The quantitative estimate of drug-likeness (QED) is 0.669. The van der Waals surface area contributed by atoms with Crippen LogP contribution in [0.5, 0.6) is 0 Å². The van der Waals surface area contributed by atoms with Crippen LogP contribution in [0.2, 0.25) is 0 Å². The van der Waals surface area contributed by atoms with Gasteiger partial charge in [0.1, 0.15) is 5.82 Å². The molecule has 0 unspecified atom stereocenters. The van der Waals surface area contributed by atoms with E-state index < -0.39 is 5.76 Å². The number of nitrogens with zero attached hydrogens (tertiary/aromatic N) is 5. The number of halogens is 2. The molecule has 4 rings (SSSR count). The van der Waals surface area contributed by atoms with Crippen molar-refractivity contribution in [3.63, 3.8) is 0 Å². The summed E-state index contributed by atoms with van der Waals surface area (Å²) in [6, 6.07) is 6.75. The number of anilines is 3. The normalized spacial score (nSPS) is 14.9. The number of aryl methyl sites for hydroxylation is 1. The molecule has 10 heteroatoms. The van der Waals surface area contributed by atoms with Gasteiger partial charge in [-0.2, -0.15) is 23.8 Å². The molecule has 0 aliphatic carbocycles. The lowest BCUT2D eigenvalue weighted by molar-refractivity contribution is 0.122. The summed E-state index contributed by atoms with van der Waals surface area (Å²) in [5.41, 5.74) is 1.45. The second kappa shape index (κ2) is 7.65. The molecular formula is C17H18F2N6OS. The smallest absolute Gasteiger partial charge is 0.288 e. The fourth-order valence-electron chi connectivity index (χ4n) is 2.93. The molecule has 1 aliphatic rings. The molecule has 3 heterocycles. The van der Waals surface area contributed by atoms with Crippen molar-refractivity contribution >= 4 is 40.2 Å². The minimum absolute atomic E-state index is 0.432. The third-order valence-corrected chi connectivity index (χ3v) is 4.94. The Bertz CT molecular complexity index is 927. The second-order valence-electron chi connectivity index (χ2n) is 6.00. The molecule has 3 aromatic rings. The number of thioether (sulfide) groups is 1. The van der Waals surface area contributed by atoms with Crippen LogP contribution in [0.25, 0.3) is 11.0 Å². The monoisotopic (exact) mass is 392 g/mol. The predicted molar refractivity (Wildman–Crippen MR) is 101 cm³/mol. The highest BCUT2D eigenvalue weighted by atomic mass is 32.2. The number of ether oxygens (including phenoxy) is 1. The molecule has 0 amide bonds. The fourth-order valence-corrected chi connectivity index (χ4v) is 3.43. The van der Waals surface area contributed by atoms with Crippen LogP contribution in [0.15, 0.2) is 35.4 Å². The molecule has 0 radical (unpaired) electrons. The highest BCUT2D eigenvalue weighted by Crippen LogP contribution is 2.29. The maximum Gasteiger partial charge on any atom is 0.288 e. The number of morpholine rings is 1. The minimum atomic E-state index is -2.43. The predicted octanol–water partition coefficient (Wildman–Crippen LogP) is 3.26. The lowest BCUT2D eigenvalue weighted by atomic mass is 10.3. The fraction of sp³-hybridized carbons (Fsp3) is 0.353. The van der Waals surface area contributed by atoms with E-state index in [4.69, 9.17) is 4.74 Å². The summed E-state index contributed by atoms with van der Waals surface area (Å²) >= 11 is 0.517. The Morgan fingerprint density at radius 2 is 1.89 bits per heavy atom. The van der Waals surface area contributed by atoms with E-state index in [1.807, 2.05) is 7.05 Å². The van der Waals surface area contributed by atoms with Gasteiger partial charge in [0, 0.05) is 30.7 Å². The van der Waals surface area contributed by atoms with Crippen molar-refractivity contribution in [1.29, 1.82) is 0 Å². The molecule has 0 spiro atoms. The molecular weight excluding hydrogens is 374 g/mol. The van der Waals surface area contributed by atoms with E-state index in [2.05, 4.69) is 25.3 Å². The Morgan fingerprint density at radius 1 is 1.15 bits per heavy atom. The van der Waals surface area contributed by atoms with Crippen LogP contribution in [-0.2, 0) is 11.8 Å². The molecule has 142 valence electrons. The Labute approximate surface area is 158 Å². The average Bonchev–Trinajstić information content (AvgIpc) is 3.04. The standard InChI is InChI=1S/C17H18F2N6OS/c1-24-14-13(10-20-24)15(25-6-8-26-9-7-25)23-17(22-14)21-11-2-4-12(5-3-11)27-16(18)19/h2-5,10,16H,6-9H2,1H3,(H,21,22,23). The highest BCUT2D eigenvalue weighted by Gasteiger charge is 2.19. The van der Waals surface area contributed by atoms with E-state index in [1.165, 1.54) is 0 Å². The van der Waals surface area contributed by atoms with Gasteiger partial charge in [-0.15, -0.1) is 0 Å². The molecule has 1 N–H and O–H groups in total. The molecule has 0 saturated carbocycles. The first kappa shape index (κ1) is 17.9. The van der Waals surface area contributed by atoms with Crippen molar-refractivity contribution in [2.75, 3.05) is 36.5 Å². The van der Waals surface area contributed by atoms with E-state index >= 15 is 0 Å². The molecule has 0 atom stereocenters. The highest BCUT2D eigenvalue weighted by molar-refractivity contribution is 7.99. The number of hydrogen-bond donors (Lipinski definition) is 1. The maximum atomic E-state index is 12.5. The zero-order chi connectivity index (χ0) is 18.8. The van der Waals surface area contributed by atoms with Crippen molar-refractivity contribution in [2.24, 2.45) is 7.05 Å². The Balaban J connectivity index is 1.64. The molecule has 1 aromatic carbocycles. The van der Waals surface area contributed by atoms with Crippen molar-refractivity contribution in [2.45, 2.75) is 10.7 Å². The van der Waals surface area contributed by atoms with E-state index in [1.54, 1.807) is 35.1 Å². The first-order chi connectivity index (χ1) is 13.1. The first-order valence-corrected chi connectivity index (χ1v) is 9.32. The summed E-state index contributed by atoms with van der Waals surface area (Å²) < 4.78 is 32.0. The Hall–Kier alpha value is -2.46. The van der Waals surface area contributed by atoms with Gasteiger partial charge in [-0.25, -0.2) is 0 Å². The lowest BCUT2D eigenvalue weighted by Crippen LogP contribution is -2.37. The maximum absolute atomic E-state index is 12.5. The number of nitrogens with one attached hydrogen (secondary N) is 1. The lowest BCUT2D eigenvalue weighted by Gasteiger charge is -2.28. The number of hydrogen-bond acceptors (Lipinski definition) is 7. The van der Waals surface area contributed by atoms with Crippen LogP contribution < -0.4 is 10.2 Å². The summed E-state index contributed by atoms with van der Waals surface area (Å²) in [7, 11) is 1.83. The molecule has 0 bridgehead atoms. The van der Waals surface area contributed by atoms with Crippen LogP contribution in [0.4, 0.5) is 26.2 Å². The van der Waals surface area contributed by atoms with Crippen LogP contribution in [0, 0.1) is 0 Å². The molecule has 27 heavy (non-hydrogen) atoms. The van der Waals surface area contributed by atoms with Gasteiger partial charge in [0.2, 0.25) is 5.95 Å². The molecule has 1 saturated heterocycles. The van der Waals surface area contributed by atoms with Crippen molar-refractivity contribution < 1.29 is 13.5 Å². The van der Waals surface area contributed by atoms with Gasteiger partial charge in [0.05, 0.1) is 24.8 Å². The number of benzene rings is 1. The van der Waals surface area contributed by atoms with Gasteiger partial charge in [0.15, 0.2) is 5.65 Å². The number of aromatic nitrogens is 4. The summed E-state index contributed by atoms with van der Waals surface area (Å²) in [5.74, 6) is -1.19. The largest absolute Gasteiger partial charge is 0.378 e. The van der Waals surface area contributed by atoms with Crippen LogP contribution in [0.1, 0.15) is 0 Å². The summed E-state index contributed by atoms with van der Waals surface area (Å²) in [6.07, 6.45) is 1.76. The zero-order valence-corrected chi connectivity index (χ0v) is 15.4.